The second-order valence-corrected chi connectivity index (χ2v) is 9.68. The van der Waals surface area contributed by atoms with Crippen LogP contribution in [0.5, 0.6) is 5.75 Å². The smallest absolute Gasteiger partial charge is 0.165 e. The Morgan fingerprint density at radius 1 is 1.16 bits per heavy atom. The van der Waals surface area contributed by atoms with Crippen molar-refractivity contribution in [1.82, 2.24) is 0 Å². The molecular weight excluding hydrogens is 423 g/mol. The van der Waals surface area contributed by atoms with E-state index in [4.69, 9.17) is 0 Å². The lowest BCUT2D eigenvalue weighted by Gasteiger charge is -2.19. The number of aliphatic hydroxyl groups is 3. The third-order valence-electron chi connectivity index (χ3n) is 5.42. The zero-order valence-electron chi connectivity index (χ0n) is 16.8. The summed E-state index contributed by atoms with van der Waals surface area (Å²) in [6.07, 6.45) is 1.04. The molecule has 2 atom stereocenters. The van der Waals surface area contributed by atoms with Gasteiger partial charge in [-0.3, -0.25) is 0 Å². The van der Waals surface area contributed by atoms with Gasteiger partial charge in [-0.05, 0) is 52.8 Å². The first-order valence-corrected chi connectivity index (χ1v) is 11.6. The fraction of sp³-hybridized carbons (Fsp3) is 0.304. The van der Waals surface area contributed by atoms with Crippen LogP contribution >= 0.6 is 0 Å². The van der Waals surface area contributed by atoms with Crippen molar-refractivity contribution in [3.8, 4) is 5.75 Å². The van der Waals surface area contributed by atoms with Crippen molar-refractivity contribution in [3.63, 3.8) is 0 Å². The molecule has 166 valence electrons. The van der Waals surface area contributed by atoms with E-state index in [0.29, 0.717) is 12.0 Å². The first-order chi connectivity index (χ1) is 14.8. The van der Waals surface area contributed by atoms with E-state index in [1.165, 1.54) is 12.1 Å². The summed E-state index contributed by atoms with van der Waals surface area (Å²) in [5, 5.41) is 38.1. The van der Waals surface area contributed by atoms with Gasteiger partial charge in [0.1, 0.15) is 5.25 Å². The highest BCUT2D eigenvalue weighted by Gasteiger charge is 2.40. The maximum absolute atomic E-state index is 13.8. The Hall–Kier alpha value is -2.52. The fourth-order valence-corrected chi connectivity index (χ4v) is 5.74. The Balaban J connectivity index is 1.89. The van der Waals surface area contributed by atoms with Crippen LogP contribution in [0.4, 0.5) is 4.39 Å². The average Bonchev–Trinajstić information content (AvgIpc) is 3.03. The molecule has 0 spiro atoms. The zero-order chi connectivity index (χ0) is 22.6. The molecule has 8 heteroatoms. The van der Waals surface area contributed by atoms with Crippen LogP contribution < -0.4 is 0 Å². The summed E-state index contributed by atoms with van der Waals surface area (Å²) in [4.78, 5) is 0. The lowest BCUT2D eigenvalue weighted by molar-refractivity contribution is 0.188. The molecule has 1 heterocycles. The van der Waals surface area contributed by atoms with Crippen molar-refractivity contribution in [2.24, 2.45) is 0 Å². The van der Waals surface area contributed by atoms with E-state index >= 15 is 0 Å². The van der Waals surface area contributed by atoms with Crippen LogP contribution in [0.15, 0.2) is 59.7 Å². The number of phenols is 1. The standard InChI is InChI=1S/C23H25FO6S/c24-19-11-15(6-8-20(19)27)10-17(16-4-2-1-3-5-16)7-9-21(28)23-18(12-25)14-31(29,30)22(23)13-26/h1-6,8,10-11,21-22,25-28H,7,9,12-14H2/b17-10-/t21-,22+/m1/s1. The molecule has 3 rings (SSSR count). The van der Waals surface area contributed by atoms with Crippen LogP contribution in [0.25, 0.3) is 11.6 Å². The number of aromatic hydroxyl groups is 1. The Morgan fingerprint density at radius 2 is 1.87 bits per heavy atom. The average molecular weight is 449 g/mol. The van der Waals surface area contributed by atoms with E-state index in [1.54, 1.807) is 12.1 Å². The predicted octanol–water partition coefficient (Wildman–Crippen LogP) is 2.29. The molecule has 0 radical (unpaired) electrons. The van der Waals surface area contributed by atoms with Gasteiger partial charge in [-0.1, -0.05) is 42.5 Å². The summed E-state index contributed by atoms with van der Waals surface area (Å²) in [5.74, 6) is -1.58. The Kier molecular flexibility index (Phi) is 7.27. The van der Waals surface area contributed by atoms with Gasteiger partial charge in [0.15, 0.2) is 21.4 Å². The molecule has 6 nitrogen and oxygen atoms in total. The quantitative estimate of drug-likeness (QED) is 0.364. The Morgan fingerprint density at radius 3 is 2.48 bits per heavy atom. The summed E-state index contributed by atoms with van der Waals surface area (Å²) < 4.78 is 38.2. The van der Waals surface area contributed by atoms with E-state index in [0.717, 1.165) is 11.1 Å². The molecule has 0 fully saturated rings. The number of hydrogen-bond acceptors (Lipinski definition) is 6. The molecule has 31 heavy (non-hydrogen) atoms. The molecular formula is C23H25FO6S. The lowest BCUT2D eigenvalue weighted by atomic mass is 9.92. The van der Waals surface area contributed by atoms with Gasteiger partial charge in [0.25, 0.3) is 0 Å². The van der Waals surface area contributed by atoms with E-state index in [2.05, 4.69) is 0 Å². The van der Waals surface area contributed by atoms with Crippen molar-refractivity contribution in [1.29, 1.82) is 0 Å². The monoisotopic (exact) mass is 448 g/mol. The minimum Gasteiger partial charge on any atom is -0.505 e. The van der Waals surface area contributed by atoms with Crippen molar-refractivity contribution < 1.29 is 33.2 Å². The van der Waals surface area contributed by atoms with Crippen LogP contribution in [0, 0.1) is 5.82 Å². The van der Waals surface area contributed by atoms with Gasteiger partial charge >= 0.3 is 0 Å². The number of sulfone groups is 1. The van der Waals surface area contributed by atoms with E-state index in [1.807, 2.05) is 30.3 Å². The van der Waals surface area contributed by atoms with Gasteiger partial charge in [0, 0.05) is 0 Å². The fourth-order valence-electron chi connectivity index (χ4n) is 3.86. The van der Waals surface area contributed by atoms with Crippen molar-refractivity contribution >= 4 is 21.5 Å². The summed E-state index contributed by atoms with van der Waals surface area (Å²) in [7, 11) is -3.66. The second-order valence-electron chi connectivity index (χ2n) is 7.50. The summed E-state index contributed by atoms with van der Waals surface area (Å²) in [6.45, 7) is -1.16. The molecule has 0 bridgehead atoms. The van der Waals surface area contributed by atoms with E-state index in [9.17, 15) is 33.2 Å². The van der Waals surface area contributed by atoms with Gasteiger partial charge in [-0.2, -0.15) is 0 Å². The number of rotatable bonds is 8. The minimum atomic E-state index is -3.66. The maximum atomic E-state index is 13.8. The normalized spacial score (nSPS) is 19.6. The van der Waals surface area contributed by atoms with E-state index < -0.39 is 46.0 Å². The molecule has 4 N–H and O–H groups in total. The SMILES string of the molecule is O=S1(=O)CC(CO)=C([C@H](O)CC/C(=C/c2ccc(O)c(F)c2)c2ccccc2)[C@@H]1CO. The second kappa shape index (κ2) is 9.74. The number of benzene rings is 2. The summed E-state index contributed by atoms with van der Waals surface area (Å²) in [5.41, 5.74) is 2.52. The van der Waals surface area contributed by atoms with Gasteiger partial charge < -0.3 is 20.4 Å². The Labute approximate surface area is 180 Å². The maximum Gasteiger partial charge on any atom is 0.165 e. The molecule has 0 aliphatic carbocycles. The highest BCUT2D eigenvalue weighted by atomic mass is 32.2. The van der Waals surface area contributed by atoms with Gasteiger partial charge in [0.05, 0.1) is 25.1 Å². The molecule has 0 aromatic heterocycles. The van der Waals surface area contributed by atoms with Crippen LogP contribution in [0.2, 0.25) is 0 Å². The summed E-state index contributed by atoms with van der Waals surface area (Å²) in [6, 6.07) is 13.3. The third kappa shape index (κ3) is 5.22. The van der Waals surface area contributed by atoms with Crippen LogP contribution in [-0.4, -0.2) is 59.2 Å². The minimum absolute atomic E-state index is 0.145. The Bertz CT molecular complexity index is 1090. The molecule has 0 saturated heterocycles. The highest BCUT2D eigenvalue weighted by molar-refractivity contribution is 7.92. The van der Waals surface area contributed by atoms with Crippen molar-refractivity contribution in [2.45, 2.75) is 24.2 Å². The number of allylic oxidation sites excluding steroid dienone is 1. The molecule has 2 aromatic rings. The van der Waals surface area contributed by atoms with Gasteiger partial charge in [-0.25, -0.2) is 12.8 Å². The first-order valence-electron chi connectivity index (χ1n) is 9.84. The van der Waals surface area contributed by atoms with Crippen LogP contribution in [0.1, 0.15) is 24.0 Å². The molecule has 1 aliphatic rings. The number of halogens is 1. The molecule has 0 unspecified atom stereocenters. The van der Waals surface area contributed by atoms with Gasteiger partial charge in [-0.15, -0.1) is 0 Å². The van der Waals surface area contributed by atoms with Crippen LogP contribution in [-0.2, 0) is 9.84 Å². The van der Waals surface area contributed by atoms with Gasteiger partial charge in [0.2, 0.25) is 0 Å². The number of phenolic OH excluding ortho intramolecular Hbond substituents is 1. The predicted molar refractivity (Wildman–Crippen MR) is 116 cm³/mol. The van der Waals surface area contributed by atoms with Crippen molar-refractivity contribution in [2.75, 3.05) is 19.0 Å². The van der Waals surface area contributed by atoms with Crippen molar-refractivity contribution in [3.05, 3.63) is 76.6 Å². The zero-order valence-corrected chi connectivity index (χ0v) is 17.6. The summed E-state index contributed by atoms with van der Waals surface area (Å²) >= 11 is 0. The first kappa shape index (κ1) is 23.1. The van der Waals surface area contributed by atoms with Crippen LogP contribution in [0.3, 0.4) is 0 Å². The topological polar surface area (TPSA) is 115 Å². The molecule has 1 aliphatic heterocycles. The largest absolute Gasteiger partial charge is 0.505 e. The number of aliphatic hydroxyl groups excluding tert-OH is 3. The third-order valence-corrected chi connectivity index (χ3v) is 7.44. The lowest BCUT2D eigenvalue weighted by Crippen LogP contribution is -2.29. The highest BCUT2D eigenvalue weighted by Crippen LogP contribution is 2.33. The molecule has 0 saturated carbocycles. The number of hydrogen-bond donors (Lipinski definition) is 4. The molecule has 2 aromatic carbocycles. The molecule has 0 amide bonds. The van der Waals surface area contributed by atoms with E-state index in [-0.39, 0.29) is 23.3 Å².